The Kier molecular flexibility index (Phi) is 7.54. The van der Waals surface area contributed by atoms with Gasteiger partial charge < -0.3 is 5.32 Å². The molecule has 1 amide bonds. The molecule has 0 aliphatic carbocycles. The second-order valence-corrected chi connectivity index (χ2v) is 9.36. The molecule has 162 valence electrons. The van der Waals surface area contributed by atoms with Gasteiger partial charge in [-0.15, -0.1) is 0 Å². The predicted octanol–water partition coefficient (Wildman–Crippen LogP) is 4.69. The Morgan fingerprint density at radius 1 is 0.968 bits per heavy atom. The first-order valence-electron chi connectivity index (χ1n) is 9.31. The van der Waals surface area contributed by atoms with Gasteiger partial charge in [0, 0.05) is 11.6 Å². The Morgan fingerprint density at radius 2 is 1.65 bits per heavy atom. The molecule has 0 unspecified atom stereocenters. The number of nitrogens with zero attached hydrogens (tertiary/aromatic N) is 1. The molecule has 0 aliphatic heterocycles. The van der Waals surface area contributed by atoms with Crippen LogP contribution in [-0.4, -0.2) is 27.4 Å². The molecule has 3 rings (SSSR count). The minimum Gasteiger partial charge on any atom is -0.354 e. The van der Waals surface area contributed by atoms with Crippen molar-refractivity contribution in [1.29, 1.82) is 0 Å². The van der Waals surface area contributed by atoms with E-state index in [1.807, 2.05) is 12.1 Å². The summed E-state index contributed by atoms with van der Waals surface area (Å²) in [4.78, 5) is 12.6. The molecule has 0 radical (unpaired) electrons. The number of carbonyl (C=O) groups excluding carboxylic acids is 1. The van der Waals surface area contributed by atoms with Crippen molar-refractivity contribution in [2.75, 3.05) is 17.4 Å². The van der Waals surface area contributed by atoms with Crippen LogP contribution in [0.5, 0.6) is 0 Å². The Hall–Kier alpha value is -2.61. The third kappa shape index (κ3) is 5.97. The Bertz CT molecular complexity index is 1160. The van der Waals surface area contributed by atoms with Crippen molar-refractivity contribution in [1.82, 2.24) is 5.32 Å². The van der Waals surface area contributed by atoms with Gasteiger partial charge in [0.2, 0.25) is 5.91 Å². The van der Waals surface area contributed by atoms with Crippen molar-refractivity contribution in [3.05, 3.63) is 94.2 Å². The molecule has 1 N–H and O–H groups in total. The summed E-state index contributed by atoms with van der Waals surface area (Å²) >= 11 is 11.7. The smallest absolute Gasteiger partial charge is 0.264 e. The fourth-order valence-corrected chi connectivity index (χ4v) is 4.59. The molecule has 3 aromatic rings. The van der Waals surface area contributed by atoms with Crippen molar-refractivity contribution in [2.24, 2.45) is 0 Å². The summed E-state index contributed by atoms with van der Waals surface area (Å²) < 4.78 is 40.9. The van der Waals surface area contributed by atoms with Crippen LogP contribution in [0.15, 0.2) is 77.7 Å². The summed E-state index contributed by atoms with van der Waals surface area (Å²) in [5.41, 5.74) is 1.06. The third-order valence-corrected chi connectivity index (χ3v) is 6.79. The van der Waals surface area contributed by atoms with E-state index in [1.54, 1.807) is 30.3 Å². The van der Waals surface area contributed by atoms with Crippen LogP contribution in [0.2, 0.25) is 10.0 Å². The lowest BCUT2D eigenvalue weighted by molar-refractivity contribution is -0.119. The van der Waals surface area contributed by atoms with E-state index in [-0.39, 0.29) is 15.6 Å². The second-order valence-electron chi connectivity index (χ2n) is 6.65. The van der Waals surface area contributed by atoms with Gasteiger partial charge in [-0.3, -0.25) is 9.10 Å². The van der Waals surface area contributed by atoms with Crippen LogP contribution in [0, 0.1) is 5.82 Å². The summed E-state index contributed by atoms with van der Waals surface area (Å²) in [5, 5.41) is 3.09. The maximum atomic E-state index is 13.6. The largest absolute Gasteiger partial charge is 0.354 e. The van der Waals surface area contributed by atoms with Crippen LogP contribution in [0.4, 0.5) is 10.1 Å². The average Bonchev–Trinajstić information content (AvgIpc) is 2.76. The van der Waals surface area contributed by atoms with Gasteiger partial charge in [0.05, 0.1) is 15.6 Å². The molecule has 31 heavy (non-hydrogen) atoms. The van der Waals surface area contributed by atoms with Crippen molar-refractivity contribution in [3.8, 4) is 0 Å². The number of halogens is 3. The van der Waals surface area contributed by atoms with E-state index in [4.69, 9.17) is 23.2 Å². The molecule has 0 spiro atoms. The van der Waals surface area contributed by atoms with Gasteiger partial charge in [-0.1, -0.05) is 53.5 Å². The molecule has 0 atom stereocenters. The van der Waals surface area contributed by atoms with Crippen LogP contribution in [-0.2, 0) is 21.2 Å². The Balaban J connectivity index is 1.78. The minimum atomic E-state index is -4.08. The molecule has 0 aromatic heterocycles. The fraction of sp³-hybridized carbons (Fsp3) is 0.136. The molecular weight excluding hydrogens is 462 g/mol. The highest BCUT2D eigenvalue weighted by Crippen LogP contribution is 2.27. The molecule has 0 saturated carbocycles. The monoisotopic (exact) mass is 480 g/mol. The average molecular weight is 481 g/mol. The molecule has 9 heteroatoms. The molecule has 0 bridgehead atoms. The SMILES string of the molecule is O=C(CN(c1ccc(F)c(Cl)c1)S(=O)(=O)c1ccccc1)NCCc1ccc(Cl)cc1. The van der Waals surface area contributed by atoms with E-state index in [0.29, 0.717) is 18.0 Å². The molecular formula is C22H19Cl2FN2O3S. The van der Waals surface area contributed by atoms with Crippen molar-refractivity contribution >= 4 is 44.8 Å². The first-order valence-corrected chi connectivity index (χ1v) is 11.5. The summed E-state index contributed by atoms with van der Waals surface area (Å²) in [6, 6.07) is 18.4. The lowest BCUT2D eigenvalue weighted by atomic mass is 10.1. The third-order valence-electron chi connectivity index (χ3n) is 4.46. The number of hydrogen-bond donors (Lipinski definition) is 1. The number of sulfonamides is 1. The Morgan fingerprint density at radius 3 is 2.29 bits per heavy atom. The summed E-state index contributed by atoms with van der Waals surface area (Å²) in [6.07, 6.45) is 0.552. The summed E-state index contributed by atoms with van der Waals surface area (Å²) in [5.74, 6) is -1.19. The molecule has 0 fully saturated rings. The topological polar surface area (TPSA) is 66.5 Å². The van der Waals surface area contributed by atoms with E-state index in [2.05, 4.69) is 5.32 Å². The van der Waals surface area contributed by atoms with Gasteiger partial charge in [0.1, 0.15) is 12.4 Å². The number of amides is 1. The molecule has 5 nitrogen and oxygen atoms in total. The number of carbonyl (C=O) groups is 1. The zero-order chi connectivity index (χ0) is 22.4. The molecule has 3 aromatic carbocycles. The quantitative estimate of drug-likeness (QED) is 0.508. The van der Waals surface area contributed by atoms with Gasteiger partial charge in [-0.05, 0) is 54.4 Å². The molecule has 0 heterocycles. The number of anilines is 1. The maximum Gasteiger partial charge on any atom is 0.264 e. The highest BCUT2D eigenvalue weighted by atomic mass is 35.5. The maximum absolute atomic E-state index is 13.6. The van der Waals surface area contributed by atoms with E-state index in [9.17, 15) is 17.6 Å². The summed E-state index contributed by atoms with van der Waals surface area (Å²) in [6.45, 7) is -0.177. The van der Waals surface area contributed by atoms with E-state index in [0.717, 1.165) is 15.9 Å². The first-order chi connectivity index (χ1) is 14.8. The highest BCUT2D eigenvalue weighted by molar-refractivity contribution is 7.92. The van der Waals surface area contributed by atoms with Gasteiger partial charge in [-0.25, -0.2) is 12.8 Å². The predicted molar refractivity (Wildman–Crippen MR) is 121 cm³/mol. The number of nitrogens with one attached hydrogen (secondary N) is 1. The fourth-order valence-electron chi connectivity index (χ4n) is 2.86. The van der Waals surface area contributed by atoms with Gasteiger partial charge >= 0.3 is 0 Å². The van der Waals surface area contributed by atoms with Crippen LogP contribution in [0.1, 0.15) is 5.56 Å². The van der Waals surface area contributed by atoms with Crippen LogP contribution < -0.4 is 9.62 Å². The van der Waals surface area contributed by atoms with Gasteiger partial charge in [0.15, 0.2) is 0 Å². The Labute approximate surface area is 190 Å². The number of benzene rings is 3. The normalized spacial score (nSPS) is 11.2. The van der Waals surface area contributed by atoms with Crippen LogP contribution in [0.25, 0.3) is 0 Å². The van der Waals surface area contributed by atoms with Crippen molar-refractivity contribution < 1.29 is 17.6 Å². The molecule has 0 saturated heterocycles. The number of hydrogen-bond acceptors (Lipinski definition) is 3. The van der Waals surface area contributed by atoms with E-state index >= 15 is 0 Å². The number of rotatable bonds is 8. The lowest BCUT2D eigenvalue weighted by Gasteiger charge is -2.24. The van der Waals surface area contributed by atoms with Crippen molar-refractivity contribution in [3.63, 3.8) is 0 Å². The minimum absolute atomic E-state index is 0.00408. The van der Waals surface area contributed by atoms with Crippen LogP contribution >= 0.6 is 23.2 Å². The highest BCUT2D eigenvalue weighted by Gasteiger charge is 2.27. The van der Waals surface area contributed by atoms with Crippen molar-refractivity contribution in [2.45, 2.75) is 11.3 Å². The van der Waals surface area contributed by atoms with E-state index in [1.165, 1.54) is 24.3 Å². The lowest BCUT2D eigenvalue weighted by Crippen LogP contribution is -2.41. The zero-order valence-corrected chi connectivity index (χ0v) is 18.6. The van der Waals surface area contributed by atoms with Gasteiger partial charge in [-0.2, -0.15) is 0 Å². The zero-order valence-electron chi connectivity index (χ0n) is 16.3. The van der Waals surface area contributed by atoms with Crippen LogP contribution in [0.3, 0.4) is 0 Å². The standard InChI is InChI=1S/C22H19Cl2FN2O3S/c23-17-8-6-16(7-9-17)12-13-26-22(28)15-27(18-10-11-21(25)20(24)14-18)31(29,30)19-4-2-1-3-5-19/h1-11,14H,12-13,15H2,(H,26,28). The molecule has 0 aliphatic rings. The van der Waals surface area contributed by atoms with E-state index < -0.39 is 28.3 Å². The summed E-state index contributed by atoms with van der Waals surface area (Å²) in [7, 11) is -4.08. The second kappa shape index (κ2) is 10.1. The first kappa shape index (κ1) is 23.1. The van der Waals surface area contributed by atoms with Gasteiger partial charge in [0.25, 0.3) is 10.0 Å².